The molecule has 1 saturated carbocycles. The molecule has 1 heterocycles. The van der Waals surface area contributed by atoms with Crippen molar-refractivity contribution in [3.63, 3.8) is 0 Å². The van der Waals surface area contributed by atoms with E-state index in [1.165, 1.54) is 19.3 Å². The van der Waals surface area contributed by atoms with Crippen LogP contribution in [-0.2, 0) is 4.79 Å². The molecule has 4 heteroatoms. The number of amides is 1. The van der Waals surface area contributed by atoms with Gasteiger partial charge in [-0.3, -0.25) is 9.69 Å². The third-order valence-corrected chi connectivity index (χ3v) is 4.09. The molecule has 0 spiro atoms. The van der Waals surface area contributed by atoms with Crippen molar-refractivity contribution >= 4 is 5.91 Å². The number of carbonyl (C=O) groups is 1. The first-order valence-corrected chi connectivity index (χ1v) is 7.35. The summed E-state index contributed by atoms with van der Waals surface area (Å²) >= 11 is 0. The van der Waals surface area contributed by atoms with Crippen LogP contribution in [-0.4, -0.2) is 47.2 Å². The van der Waals surface area contributed by atoms with E-state index in [-0.39, 0.29) is 5.91 Å². The number of hydrogen-bond acceptors (Lipinski definition) is 3. The van der Waals surface area contributed by atoms with Crippen LogP contribution in [0.25, 0.3) is 0 Å². The number of rotatable bonds is 5. The zero-order valence-corrected chi connectivity index (χ0v) is 11.5. The van der Waals surface area contributed by atoms with E-state index >= 15 is 0 Å². The smallest absolute Gasteiger partial charge is 0.234 e. The monoisotopic (exact) mass is 254 g/mol. The molecule has 0 aromatic rings. The summed E-state index contributed by atoms with van der Waals surface area (Å²) in [4.78, 5) is 13.9. The van der Waals surface area contributed by atoms with Crippen molar-refractivity contribution in [3.8, 4) is 0 Å². The largest absolute Gasteiger partial charge is 0.387 e. The van der Waals surface area contributed by atoms with Gasteiger partial charge in [0.2, 0.25) is 5.91 Å². The number of aliphatic hydroxyl groups is 1. The van der Waals surface area contributed by atoms with Gasteiger partial charge < -0.3 is 10.4 Å². The minimum atomic E-state index is -0.528. The van der Waals surface area contributed by atoms with Gasteiger partial charge in [0, 0.05) is 19.1 Å². The lowest BCUT2D eigenvalue weighted by Gasteiger charge is -2.46. The summed E-state index contributed by atoms with van der Waals surface area (Å²) in [5.74, 6) is 0.125. The number of likely N-dealkylation sites (tertiary alicyclic amines) is 1. The summed E-state index contributed by atoms with van der Waals surface area (Å²) in [5, 5.41) is 13.2. The molecule has 1 aliphatic heterocycles. The highest BCUT2D eigenvalue weighted by molar-refractivity contribution is 5.78. The summed E-state index contributed by atoms with van der Waals surface area (Å²) in [5.41, 5.74) is -0.528. The van der Waals surface area contributed by atoms with Crippen LogP contribution in [0.1, 0.15) is 51.9 Å². The Balaban J connectivity index is 1.64. The van der Waals surface area contributed by atoms with E-state index in [0.717, 1.165) is 25.7 Å². The SMILES string of the molecule is CCCC1(O)CN(CC(=O)NC2CCCCC2)C1. The lowest BCUT2D eigenvalue weighted by atomic mass is 9.89. The van der Waals surface area contributed by atoms with Gasteiger partial charge >= 0.3 is 0 Å². The van der Waals surface area contributed by atoms with Crippen LogP contribution in [0.3, 0.4) is 0 Å². The topological polar surface area (TPSA) is 52.6 Å². The van der Waals surface area contributed by atoms with Crippen LogP contribution < -0.4 is 5.32 Å². The molecule has 2 N–H and O–H groups in total. The molecule has 104 valence electrons. The maximum Gasteiger partial charge on any atom is 0.234 e. The second-order valence-electron chi connectivity index (χ2n) is 6.02. The fraction of sp³-hybridized carbons (Fsp3) is 0.929. The van der Waals surface area contributed by atoms with Crippen LogP contribution >= 0.6 is 0 Å². The van der Waals surface area contributed by atoms with Crippen LogP contribution in [0.2, 0.25) is 0 Å². The minimum Gasteiger partial charge on any atom is -0.387 e. The summed E-state index contributed by atoms with van der Waals surface area (Å²) in [7, 11) is 0. The summed E-state index contributed by atoms with van der Waals surface area (Å²) < 4.78 is 0. The molecule has 1 aliphatic carbocycles. The van der Waals surface area contributed by atoms with Crippen LogP contribution in [0.15, 0.2) is 0 Å². The lowest BCUT2D eigenvalue weighted by Crippen LogP contribution is -2.63. The third-order valence-electron chi connectivity index (χ3n) is 4.09. The highest BCUT2D eigenvalue weighted by Gasteiger charge is 2.40. The molecule has 0 atom stereocenters. The Hall–Kier alpha value is -0.610. The second-order valence-corrected chi connectivity index (χ2v) is 6.02. The Bertz CT molecular complexity index is 282. The Morgan fingerprint density at radius 1 is 1.33 bits per heavy atom. The molecule has 18 heavy (non-hydrogen) atoms. The van der Waals surface area contributed by atoms with E-state index in [1.807, 2.05) is 4.90 Å². The fourth-order valence-corrected chi connectivity index (χ4v) is 3.24. The van der Waals surface area contributed by atoms with Crippen LogP contribution in [0.4, 0.5) is 0 Å². The number of carbonyl (C=O) groups excluding carboxylic acids is 1. The molecule has 2 aliphatic rings. The Morgan fingerprint density at radius 2 is 2.00 bits per heavy atom. The van der Waals surface area contributed by atoms with Gasteiger partial charge in [-0.1, -0.05) is 32.6 Å². The highest BCUT2D eigenvalue weighted by Crippen LogP contribution is 2.25. The first kappa shape index (κ1) is 13.8. The predicted octanol–water partition coefficient (Wildman–Crippen LogP) is 1.28. The van der Waals surface area contributed by atoms with E-state index in [4.69, 9.17) is 0 Å². The number of β-amino-alcohol motifs (C(OH)–C–C–N with tert-alkyl or cyclic N) is 1. The first-order valence-electron chi connectivity index (χ1n) is 7.35. The van der Waals surface area contributed by atoms with Gasteiger partial charge in [0.05, 0.1) is 12.1 Å². The van der Waals surface area contributed by atoms with Crippen molar-refractivity contribution in [2.24, 2.45) is 0 Å². The van der Waals surface area contributed by atoms with Gasteiger partial charge in [0.1, 0.15) is 0 Å². The first-order chi connectivity index (χ1) is 8.61. The van der Waals surface area contributed by atoms with Gasteiger partial charge in [-0.25, -0.2) is 0 Å². The van der Waals surface area contributed by atoms with Gasteiger partial charge in [-0.2, -0.15) is 0 Å². The molecule has 0 aromatic carbocycles. The molecule has 2 rings (SSSR count). The Labute approximate surface area is 110 Å². The molecule has 2 fully saturated rings. The molecule has 0 aromatic heterocycles. The van der Waals surface area contributed by atoms with Gasteiger partial charge in [-0.15, -0.1) is 0 Å². The van der Waals surface area contributed by atoms with E-state index in [0.29, 0.717) is 25.7 Å². The third kappa shape index (κ3) is 3.69. The molecule has 1 saturated heterocycles. The minimum absolute atomic E-state index is 0.125. The quantitative estimate of drug-likeness (QED) is 0.777. The van der Waals surface area contributed by atoms with Gasteiger partial charge in [0.25, 0.3) is 0 Å². The lowest BCUT2D eigenvalue weighted by molar-refractivity contribution is -0.134. The number of hydrogen-bond donors (Lipinski definition) is 2. The van der Waals surface area contributed by atoms with Gasteiger partial charge in [-0.05, 0) is 19.3 Å². The van der Waals surface area contributed by atoms with Crippen molar-refractivity contribution in [2.45, 2.75) is 63.5 Å². The predicted molar refractivity (Wildman–Crippen MR) is 71.3 cm³/mol. The maximum atomic E-state index is 11.8. The van der Waals surface area contributed by atoms with Crippen molar-refractivity contribution in [1.82, 2.24) is 10.2 Å². The van der Waals surface area contributed by atoms with Crippen LogP contribution in [0, 0.1) is 0 Å². The van der Waals surface area contributed by atoms with Gasteiger partial charge in [0.15, 0.2) is 0 Å². The Kier molecular flexibility index (Phi) is 4.62. The molecule has 0 bridgehead atoms. The van der Waals surface area contributed by atoms with E-state index < -0.39 is 5.60 Å². The normalized spacial score (nSPS) is 24.6. The van der Waals surface area contributed by atoms with Crippen molar-refractivity contribution in [2.75, 3.05) is 19.6 Å². The fourth-order valence-electron chi connectivity index (χ4n) is 3.24. The van der Waals surface area contributed by atoms with E-state index in [1.54, 1.807) is 0 Å². The molecule has 1 amide bonds. The average Bonchev–Trinajstić information content (AvgIpc) is 2.28. The van der Waals surface area contributed by atoms with Crippen molar-refractivity contribution < 1.29 is 9.90 Å². The standard InChI is InChI=1S/C14H26N2O2/c1-2-8-14(18)10-16(11-14)9-13(17)15-12-6-4-3-5-7-12/h12,18H,2-11H2,1H3,(H,15,17). The zero-order chi connectivity index (χ0) is 13.0. The molecular weight excluding hydrogens is 228 g/mol. The highest BCUT2D eigenvalue weighted by atomic mass is 16.3. The van der Waals surface area contributed by atoms with E-state index in [2.05, 4.69) is 12.2 Å². The maximum absolute atomic E-state index is 11.8. The molecular formula is C14H26N2O2. The summed E-state index contributed by atoms with van der Waals surface area (Å²) in [6.07, 6.45) is 7.89. The van der Waals surface area contributed by atoms with E-state index in [9.17, 15) is 9.90 Å². The van der Waals surface area contributed by atoms with Crippen LogP contribution in [0.5, 0.6) is 0 Å². The second kappa shape index (κ2) is 6.02. The number of nitrogens with one attached hydrogen (secondary N) is 1. The molecule has 4 nitrogen and oxygen atoms in total. The average molecular weight is 254 g/mol. The summed E-state index contributed by atoms with van der Waals surface area (Å²) in [6.45, 7) is 3.83. The number of nitrogens with zero attached hydrogens (tertiary/aromatic N) is 1. The van der Waals surface area contributed by atoms with Crippen molar-refractivity contribution in [1.29, 1.82) is 0 Å². The molecule has 0 radical (unpaired) electrons. The zero-order valence-electron chi connectivity index (χ0n) is 11.5. The van der Waals surface area contributed by atoms with Crippen molar-refractivity contribution in [3.05, 3.63) is 0 Å². The summed E-state index contributed by atoms with van der Waals surface area (Å²) in [6, 6.07) is 0.391. The Morgan fingerprint density at radius 3 is 2.61 bits per heavy atom. The molecule has 0 unspecified atom stereocenters.